The lowest BCUT2D eigenvalue weighted by Crippen LogP contribution is -2.10. The zero-order chi connectivity index (χ0) is 16.6. The molecule has 0 bridgehead atoms. The summed E-state index contributed by atoms with van der Waals surface area (Å²) < 4.78 is 6.27. The molecule has 0 saturated heterocycles. The van der Waals surface area contributed by atoms with Gasteiger partial charge in [-0.2, -0.15) is 0 Å². The third-order valence-corrected chi connectivity index (χ3v) is 5.55. The summed E-state index contributed by atoms with van der Waals surface area (Å²) >= 11 is 2.83. The first-order chi connectivity index (χ1) is 10.9. The van der Waals surface area contributed by atoms with E-state index in [1.165, 1.54) is 22.7 Å². The number of carbonyl (C=O) groups is 1. The monoisotopic (exact) mass is 347 g/mol. The van der Waals surface area contributed by atoms with Crippen molar-refractivity contribution in [2.45, 2.75) is 26.2 Å². The number of fused-ring (bicyclic) bond motifs is 1. The maximum atomic E-state index is 12.4. The van der Waals surface area contributed by atoms with Crippen LogP contribution in [0.2, 0.25) is 0 Å². The fourth-order valence-electron chi connectivity index (χ4n) is 2.03. The highest BCUT2D eigenvalue weighted by molar-refractivity contribution is 7.22. The number of anilines is 1. The van der Waals surface area contributed by atoms with Crippen molar-refractivity contribution in [3.05, 3.63) is 34.3 Å². The number of benzene rings is 1. The van der Waals surface area contributed by atoms with Gasteiger partial charge in [-0.05, 0) is 12.1 Å². The van der Waals surface area contributed by atoms with E-state index in [4.69, 9.17) is 4.74 Å². The molecular weight excluding hydrogens is 330 g/mol. The molecule has 1 amide bonds. The summed E-state index contributed by atoms with van der Waals surface area (Å²) in [4.78, 5) is 21.8. The zero-order valence-corrected chi connectivity index (χ0v) is 15.0. The lowest BCUT2D eigenvalue weighted by atomic mass is 9.98. The fourth-order valence-corrected chi connectivity index (χ4v) is 3.77. The summed E-state index contributed by atoms with van der Waals surface area (Å²) in [5, 5.41) is 4.34. The Kier molecular flexibility index (Phi) is 4.08. The van der Waals surface area contributed by atoms with Crippen LogP contribution in [0.4, 0.5) is 5.13 Å². The second kappa shape index (κ2) is 5.90. The van der Waals surface area contributed by atoms with Crippen molar-refractivity contribution in [1.82, 2.24) is 9.97 Å². The molecule has 7 heteroatoms. The van der Waals surface area contributed by atoms with E-state index < -0.39 is 0 Å². The lowest BCUT2D eigenvalue weighted by molar-refractivity contribution is 0.103. The smallest absolute Gasteiger partial charge is 0.269 e. The number of nitrogens with zero attached hydrogens (tertiary/aromatic N) is 2. The van der Waals surface area contributed by atoms with Crippen LogP contribution in [-0.4, -0.2) is 23.0 Å². The average molecular weight is 347 g/mol. The molecule has 0 aliphatic carbocycles. The van der Waals surface area contributed by atoms with Crippen molar-refractivity contribution >= 4 is 43.9 Å². The Labute approximate surface area is 142 Å². The quantitative estimate of drug-likeness (QED) is 0.767. The predicted molar refractivity (Wildman–Crippen MR) is 94.9 cm³/mol. The van der Waals surface area contributed by atoms with Crippen molar-refractivity contribution in [2.75, 3.05) is 12.4 Å². The molecule has 1 aromatic carbocycles. The van der Waals surface area contributed by atoms with Crippen LogP contribution in [0.15, 0.2) is 24.4 Å². The van der Waals surface area contributed by atoms with Gasteiger partial charge in [0.15, 0.2) is 5.13 Å². The Morgan fingerprint density at radius 2 is 2.04 bits per heavy atom. The van der Waals surface area contributed by atoms with E-state index in [0.717, 1.165) is 15.2 Å². The van der Waals surface area contributed by atoms with Crippen molar-refractivity contribution in [1.29, 1.82) is 0 Å². The summed E-state index contributed by atoms with van der Waals surface area (Å²) in [5.74, 6) is 0.517. The average Bonchev–Trinajstić information content (AvgIpc) is 3.12. The molecule has 2 aromatic heterocycles. The van der Waals surface area contributed by atoms with Gasteiger partial charge in [-0.15, -0.1) is 11.3 Å². The molecule has 1 N–H and O–H groups in total. The Morgan fingerprint density at radius 3 is 2.70 bits per heavy atom. The van der Waals surface area contributed by atoms with Gasteiger partial charge >= 0.3 is 0 Å². The number of amides is 1. The van der Waals surface area contributed by atoms with Gasteiger partial charge in [-0.3, -0.25) is 10.1 Å². The minimum atomic E-state index is -0.184. The number of carbonyl (C=O) groups excluding carboxylic acids is 1. The van der Waals surface area contributed by atoms with Crippen LogP contribution in [0.25, 0.3) is 10.2 Å². The summed E-state index contributed by atoms with van der Waals surface area (Å²) in [6.07, 6.45) is 1.62. The maximum Gasteiger partial charge on any atom is 0.269 e. The summed E-state index contributed by atoms with van der Waals surface area (Å²) in [6.45, 7) is 6.23. The highest BCUT2D eigenvalue weighted by Gasteiger charge is 2.21. The van der Waals surface area contributed by atoms with Crippen molar-refractivity contribution in [2.24, 2.45) is 0 Å². The van der Waals surface area contributed by atoms with Crippen molar-refractivity contribution in [3.63, 3.8) is 0 Å². The van der Waals surface area contributed by atoms with Gasteiger partial charge in [0.1, 0.15) is 16.1 Å². The van der Waals surface area contributed by atoms with E-state index >= 15 is 0 Å². The second-order valence-corrected chi connectivity index (χ2v) is 8.12. The van der Waals surface area contributed by atoms with E-state index in [0.29, 0.717) is 15.8 Å². The molecule has 0 saturated carbocycles. The number of ether oxygens (including phenoxy) is 1. The molecule has 2 heterocycles. The standard InChI is InChI=1S/C16H17N3O2S2/c1-16(2,3)14-17-8-11(22-14)13(20)19-15-18-12-9(21-4)6-5-7-10(12)23-15/h5-8H,1-4H3,(H,18,19,20). The molecule has 3 aromatic rings. The molecule has 0 aliphatic heterocycles. The van der Waals surface area contributed by atoms with Crippen LogP contribution in [0.1, 0.15) is 35.5 Å². The molecule has 5 nitrogen and oxygen atoms in total. The minimum Gasteiger partial charge on any atom is -0.494 e. The molecule has 0 radical (unpaired) electrons. The topological polar surface area (TPSA) is 64.1 Å². The van der Waals surface area contributed by atoms with E-state index in [2.05, 4.69) is 36.1 Å². The van der Waals surface area contributed by atoms with Gasteiger partial charge in [0.05, 0.1) is 23.0 Å². The molecule has 120 valence electrons. The van der Waals surface area contributed by atoms with E-state index in [9.17, 15) is 4.79 Å². The summed E-state index contributed by atoms with van der Waals surface area (Å²) in [6, 6.07) is 5.71. The van der Waals surface area contributed by atoms with Gasteiger partial charge in [-0.25, -0.2) is 9.97 Å². The third-order valence-electron chi connectivity index (χ3n) is 3.19. The molecule has 0 aliphatic rings. The number of hydrogen-bond donors (Lipinski definition) is 1. The first-order valence-electron chi connectivity index (χ1n) is 7.09. The maximum absolute atomic E-state index is 12.4. The first kappa shape index (κ1) is 15.9. The van der Waals surface area contributed by atoms with Crippen LogP contribution >= 0.6 is 22.7 Å². The molecule has 0 fully saturated rings. The third kappa shape index (κ3) is 3.20. The molecule has 3 rings (SSSR count). The molecule has 0 unspecified atom stereocenters. The van der Waals surface area contributed by atoms with Crippen LogP contribution in [0.3, 0.4) is 0 Å². The van der Waals surface area contributed by atoms with Gasteiger partial charge in [-0.1, -0.05) is 38.2 Å². The van der Waals surface area contributed by atoms with Gasteiger partial charge in [0.2, 0.25) is 0 Å². The zero-order valence-electron chi connectivity index (χ0n) is 13.3. The Morgan fingerprint density at radius 1 is 1.26 bits per heavy atom. The largest absolute Gasteiger partial charge is 0.494 e. The number of methoxy groups -OCH3 is 1. The van der Waals surface area contributed by atoms with Crippen LogP contribution in [0.5, 0.6) is 5.75 Å². The van der Waals surface area contributed by atoms with Gasteiger partial charge in [0.25, 0.3) is 5.91 Å². The number of thiazole rings is 2. The fraction of sp³-hybridized carbons (Fsp3) is 0.312. The molecule has 0 spiro atoms. The SMILES string of the molecule is COc1cccc2sc(NC(=O)c3cnc(C(C)(C)C)s3)nc12. The number of hydrogen-bond acceptors (Lipinski definition) is 6. The second-order valence-electron chi connectivity index (χ2n) is 6.06. The minimum absolute atomic E-state index is 0.0631. The summed E-state index contributed by atoms with van der Waals surface area (Å²) in [7, 11) is 1.61. The molecule has 0 atom stereocenters. The molecular formula is C16H17N3O2S2. The Hall–Kier alpha value is -1.99. The number of aromatic nitrogens is 2. The highest BCUT2D eigenvalue weighted by Crippen LogP contribution is 2.33. The van der Waals surface area contributed by atoms with Crippen LogP contribution < -0.4 is 10.1 Å². The highest BCUT2D eigenvalue weighted by atomic mass is 32.1. The Bertz CT molecular complexity index is 862. The normalized spacial score (nSPS) is 11.7. The molecule has 23 heavy (non-hydrogen) atoms. The van der Waals surface area contributed by atoms with Crippen LogP contribution in [-0.2, 0) is 5.41 Å². The number of rotatable bonds is 3. The van der Waals surface area contributed by atoms with E-state index in [-0.39, 0.29) is 11.3 Å². The first-order valence-corrected chi connectivity index (χ1v) is 8.73. The van der Waals surface area contributed by atoms with E-state index in [1.807, 2.05) is 18.2 Å². The number of para-hydroxylation sites is 1. The van der Waals surface area contributed by atoms with Gasteiger partial charge in [0, 0.05) is 5.41 Å². The van der Waals surface area contributed by atoms with Crippen molar-refractivity contribution < 1.29 is 9.53 Å². The lowest BCUT2D eigenvalue weighted by Gasteiger charge is -2.13. The number of nitrogens with one attached hydrogen (secondary N) is 1. The van der Waals surface area contributed by atoms with E-state index in [1.54, 1.807) is 13.3 Å². The Balaban J connectivity index is 1.84. The van der Waals surface area contributed by atoms with Gasteiger partial charge < -0.3 is 4.74 Å². The van der Waals surface area contributed by atoms with Crippen molar-refractivity contribution in [3.8, 4) is 5.75 Å². The predicted octanol–water partition coefficient (Wildman–Crippen LogP) is 4.31. The van der Waals surface area contributed by atoms with Crippen LogP contribution in [0, 0.1) is 0 Å². The summed E-state index contributed by atoms with van der Waals surface area (Å²) in [5.41, 5.74) is 0.696.